The molecule has 0 unspecified atom stereocenters. The van der Waals surface area contributed by atoms with Crippen LogP contribution < -0.4 is 21.1 Å². The first-order valence-corrected chi connectivity index (χ1v) is 15.9. The third-order valence-corrected chi connectivity index (χ3v) is 9.16. The largest absolute Gasteiger partial charge is 0.370 e. The lowest BCUT2D eigenvalue weighted by Crippen LogP contribution is -2.53. The Balaban J connectivity index is 1.50. The monoisotopic (exact) mass is 613 g/mol. The molecule has 0 bridgehead atoms. The summed E-state index contributed by atoms with van der Waals surface area (Å²) in [4.78, 5) is 53.1. The van der Waals surface area contributed by atoms with Gasteiger partial charge in [-0.2, -0.15) is 4.72 Å². The summed E-state index contributed by atoms with van der Waals surface area (Å²) in [6.45, 7) is 2.70. The van der Waals surface area contributed by atoms with Crippen LogP contribution in [0.5, 0.6) is 0 Å². The van der Waals surface area contributed by atoms with Gasteiger partial charge in [-0.3, -0.25) is 24.6 Å². The molecule has 0 aromatic heterocycles. The Kier molecular flexibility index (Phi) is 10.3. The first-order chi connectivity index (χ1) is 20.4. The van der Waals surface area contributed by atoms with Crippen LogP contribution in [0.3, 0.4) is 0 Å². The average molecular weight is 614 g/mol. The molecular formula is C29H39N7O6S. The lowest BCUT2D eigenvalue weighted by Gasteiger charge is -2.33. The molecule has 1 saturated carbocycles. The Hall–Kier alpha value is -4.04. The number of hydrogen-bond donors (Lipinski definition) is 5. The molecule has 0 spiro atoms. The quantitative estimate of drug-likeness (QED) is 0.121. The maximum absolute atomic E-state index is 13.8. The Morgan fingerprint density at radius 3 is 2.47 bits per heavy atom. The van der Waals surface area contributed by atoms with Crippen LogP contribution in [0, 0.1) is 11.3 Å². The number of benzene rings is 2. The number of ketones is 1. The molecule has 2 aromatic rings. The van der Waals surface area contributed by atoms with Gasteiger partial charge in [-0.15, -0.1) is 0 Å². The number of likely N-dealkylation sites (tertiary alicyclic amines) is 1. The van der Waals surface area contributed by atoms with E-state index in [1.807, 2.05) is 12.1 Å². The first-order valence-electron chi connectivity index (χ1n) is 14.4. The number of hydrogen-bond acceptors (Lipinski definition) is 7. The minimum atomic E-state index is -4.21. The van der Waals surface area contributed by atoms with Crippen molar-refractivity contribution in [2.24, 2.45) is 11.7 Å². The number of nitrogens with zero attached hydrogens (tertiary/aromatic N) is 2. The molecule has 2 atom stereocenters. The van der Waals surface area contributed by atoms with Crippen LogP contribution in [-0.2, 0) is 29.2 Å². The van der Waals surface area contributed by atoms with Gasteiger partial charge >= 0.3 is 0 Å². The van der Waals surface area contributed by atoms with E-state index in [0.717, 1.165) is 25.2 Å². The second-order valence-electron chi connectivity index (χ2n) is 11.1. The van der Waals surface area contributed by atoms with Crippen molar-refractivity contribution >= 4 is 50.3 Å². The number of nitrogens with two attached hydrogens (primary N) is 1. The second kappa shape index (κ2) is 14.0. The van der Waals surface area contributed by atoms with Crippen LogP contribution >= 0.6 is 0 Å². The molecule has 232 valence electrons. The van der Waals surface area contributed by atoms with E-state index in [1.54, 1.807) is 23.1 Å². The molecule has 1 aliphatic carbocycles. The van der Waals surface area contributed by atoms with E-state index in [-0.39, 0.29) is 35.9 Å². The van der Waals surface area contributed by atoms with Gasteiger partial charge < -0.3 is 26.2 Å². The highest BCUT2D eigenvalue weighted by atomic mass is 32.2. The number of fused-ring (bicyclic) bond motifs is 1. The normalized spacial score (nSPS) is 17.6. The van der Waals surface area contributed by atoms with Crippen LogP contribution in [0.15, 0.2) is 47.4 Å². The molecule has 2 fully saturated rings. The summed E-state index contributed by atoms with van der Waals surface area (Å²) in [6.07, 6.45) is 2.64. The summed E-state index contributed by atoms with van der Waals surface area (Å²) in [6, 6.07) is 10.4. The summed E-state index contributed by atoms with van der Waals surface area (Å²) in [5, 5.41) is 14.5. The number of guanidine groups is 1. The highest BCUT2D eigenvalue weighted by Gasteiger charge is 2.38. The van der Waals surface area contributed by atoms with Crippen molar-refractivity contribution in [3.8, 4) is 0 Å². The number of nitrogens with one attached hydrogen (secondary N) is 4. The fourth-order valence-corrected chi connectivity index (χ4v) is 6.43. The van der Waals surface area contributed by atoms with Crippen LogP contribution in [0.25, 0.3) is 10.8 Å². The van der Waals surface area contributed by atoms with E-state index in [0.29, 0.717) is 37.9 Å². The van der Waals surface area contributed by atoms with Gasteiger partial charge in [0, 0.05) is 45.7 Å². The SMILES string of the molecule is CC(=O)C(=O)NCCN(C(=O)[C@H](CC(=O)NC[C@@H]1CCCN(C(=N)N)C1)NS(=O)(=O)c1ccc2ccccc2c1)C1CC1. The van der Waals surface area contributed by atoms with Crippen LogP contribution in [0.4, 0.5) is 0 Å². The van der Waals surface area contributed by atoms with Gasteiger partial charge in [-0.1, -0.05) is 30.3 Å². The van der Waals surface area contributed by atoms with Crippen LogP contribution in [0.1, 0.15) is 39.0 Å². The van der Waals surface area contributed by atoms with E-state index in [1.165, 1.54) is 17.0 Å². The molecular weight excluding hydrogens is 574 g/mol. The number of rotatable bonds is 13. The topological polar surface area (TPSA) is 195 Å². The molecule has 6 N–H and O–H groups in total. The highest BCUT2D eigenvalue weighted by molar-refractivity contribution is 7.89. The van der Waals surface area contributed by atoms with E-state index in [9.17, 15) is 27.6 Å². The summed E-state index contributed by atoms with van der Waals surface area (Å²) < 4.78 is 29.5. The number of carbonyl (C=O) groups excluding carboxylic acids is 4. The van der Waals surface area contributed by atoms with Gasteiger partial charge in [-0.05, 0) is 54.5 Å². The Morgan fingerprint density at radius 2 is 1.79 bits per heavy atom. The zero-order chi connectivity index (χ0) is 31.1. The summed E-state index contributed by atoms with van der Waals surface area (Å²) in [5.74, 6) is -2.49. The smallest absolute Gasteiger partial charge is 0.287 e. The van der Waals surface area contributed by atoms with Crippen molar-refractivity contribution in [1.82, 2.24) is 25.2 Å². The Labute approximate surface area is 251 Å². The zero-order valence-corrected chi connectivity index (χ0v) is 25.0. The third kappa shape index (κ3) is 8.74. The van der Waals surface area contributed by atoms with E-state index in [4.69, 9.17) is 11.1 Å². The molecule has 1 saturated heterocycles. The molecule has 13 nitrogen and oxygen atoms in total. The lowest BCUT2D eigenvalue weighted by atomic mass is 9.98. The fourth-order valence-electron chi connectivity index (χ4n) is 5.21. The van der Waals surface area contributed by atoms with E-state index >= 15 is 0 Å². The molecule has 43 heavy (non-hydrogen) atoms. The zero-order valence-electron chi connectivity index (χ0n) is 24.2. The van der Waals surface area contributed by atoms with Crippen LogP contribution in [0.2, 0.25) is 0 Å². The average Bonchev–Trinajstić information content (AvgIpc) is 3.82. The van der Waals surface area contributed by atoms with Gasteiger partial charge in [0.25, 0.3) is 5.91 Å². The number of carbonyl (C=O) groups is 4. The summed E-state index contributed by atoms with van der Waals surface area (Å²) in [5.41, 5.74) is 5.62. The number of amides is 3. The molecule has 0 radical (unpaired) electrons. The number of sulfonamides is 1. The van der Waals surface area contributed by atoms with E-state index < -0.39 is 46.0 Å². The molecule has 3 amide bonds. The minimum absolute atomic E-state index is 0.00528. The van der Waals surface area contributed by atoms with Gasteiger partial charge in [0.1, 0.15) is 6.04 Å². The van der Waals surface area contributed by atoms with Gasteiger partial charge in [0.05, 0.1) is 11.3 Å². The highest BCUT2D eigenvalue weighted by Crippen LogP contribution is 2.28. The standard InChI is InChI=1S/C29H39N7O6S/c1-19(37)27(39)32-12-14-36(23-9-10-23)28(40)25(16-26(38)33-17-20-5-4-13-35(18-20)29(30)31)34-43(41,42)24-11-8-21-6-2-3-7-22(21)15-24/h2-3,6-8,11,15,20,23,25,34H,4-5,9-10,12-14,16-18H2,1H3,(H3,30,31)(H,32,39)(H,33,38)/t20-,25-/m0/s1. The van der Waals surface area contributed by atoms with Crippen molar-refractivity contribution in [3.63, 3.8) is 0 Å². The molecule has 2 aromatic carbocycles. The third-order valence-electron chi connectivity index (χ3n) is 7.69. The first kappa shape index (κ1) is 31.9. The molecule has 2 aliphatic rings. The van der Waals surface area contributed by atoms with Gasteiger partial charge in [-0.25, -0.2) is 8.42 Å². The van der Waals surface area contributed by atoms with Crippen molar-refractivity contribution < 1.29 is 27.6 Å². The molecule has 4 rings (SSSR count). The predicted octanol–water partition coefficient (Wildman–Crippen LogP) is 0.295. The number of Topliss-reactive ketones (excluding diaryl/α,β-unsaturated/α-hetero) is 1. The molecule has 1 heterocycles. The Bertz CT molecular complexity index is 1490. The number of piperidine rings is 1. The van der Waals surface area contributed by atoms with Crippen LogP contribution in [-0.4, -0.2) is 92.5 Å². The minimum Gasteiger partial charge on any atom is -0.370 e. The van der Waals surface area contributed by atoms with Crippen molar-refractivity contribution in [2.45, 2.75) is 56.0 Å². The van der Waals surface area contributed by atoms with Crippen molar-refractivity contribution in [3.05, 3.63) is 42.5 Å². The van der Waals surface area contributed by atoms with Gasteiger partial charge in [0.15, 0.2) is 5.96 Å². The summed E-state index contributed by atoms with van der Waals surface area (Å²) in [7, 11) is -4.21. The van der Waals surface area contributed by atoms with Crippen molar-refractivity contribution in [2.75, 3.05) is 32.7 Å². The molecule has 14 heteroatoms. The van der Waals surface area contributed by atoms with E-state index in [2.05, 4.69) is 15.4 Å². The Morgan fingerprint density at radius 1 is 1.07 bits per heavy atom. The second-order valence-corrected chi connectivity index (χ2v) is 12.8. The molecule has 1 aliphatic heterocycles. The lowest BCUT2D eigenvalue weighted by molar-refractivity contribution is -0.137. The summed E-state index contributed by atoms with van der Waals surface area (Å²) >= 11 is 0. The van der Waals surface area contributed by atoms with Gasteiger partial charge in [0.2, 0.25) is 27.6 Å². The predicted molar refractivity (Wildman–Crippen MR) is 160 cm³/mol. The maximum atomic E-state index is 13.8. The van der Waals surface area contributed by atoms with Crippen molar-refractivity contribution in [1.29, 1.82) is 5.41 Å². The fraction of sp³-hybridized carbons (Fsp3) is 0.483. The maximum Gasteiger partial charge on any atom is 0.287 e.